The van der Waals surface area contributed by atoms with E-state index in [9.17, 15) is 5.26 Å². The van der Waals surface area contributed by atoms with E-state index in [4.69, 9.17) is 0 Å². The van der Waals surface area contributed by atoms with Gasteiger partial charge in [0.25, 0.3) is 0 Å². The van der Waals surface area contributed by atoms with Crippen molar-refractivity contribution in [3.63, 3.8) is 0 Å². The number of hydrogen-bond acceptors (Lipinski definition) is 3. The molecule has 1 aliphatic heterocycles. The van der Waals surface area contributed by atoms with Crippen molar-refractivity contribution >= 4 is 21.7 Å². The molecule has 0 saturated heterocycles. The molecule has 4 heteroatoms. The molecule has 0 amide bonds. The summed E-state index contributed by atoms with van der Waals surface area (Å²) >= 11 is 3.61. The van der Waals surface area contributed by atoms with Crippen LogP contribution in [0.4, 0.5) is 5.82 Å². The van der Waals surface area contributed by atoms with Crippen LogP contribution in [0.1, 0.15) is 16.7 Å². The standard InChI is InChI=1S/C15H12BrN3/c16-14-5-1-3-11-6-8-19(10-13(11)14)15-12(9-17)4-2-7-18-15/h1-5,7H,6,8,10H2. The van der Waals surface area contributed by atoms with Gasteiger partial charge in [-0.15, -0.1) is 0 Å². The summed E-state index contributed by atoms with van der Waals surface area (Å²) in [6, 6.07) is 12.1. The van der Waals surface area contributed by atoms with Crippen LogP contribution >= 0.6 is 15.9 Å². The van der Waals surface area contributed by atoms with E-state index in [2.05, 4.69) is 50.1 Å². The summed E-state index contributed by atoms with van der Waals surface area (Å²) in [7, 11) is 0. The minimum atomic E-state index is 0.637. The first-order valence-electron chi connectivity index (χ1n) is 6.16. The zero-order valence-electron chi connectivity index (χ0n) is 10.3. The highest BCUT2D eigenvalue weighted by Gasteiger charge is 2.20. The van der Waals surface area contributed by atoms with Crippen LogP contribution in [0.2, 0.25) is 0 Å². The number of hydrogen-bond donors (Lipinski definition) is 0. The highest BCUT2D eigenvalue weighted by atomic mass is 79.9. The molecule has 1 aromatic heterocycles. The maximum Gasteiger partial charge on any atom is 0.146 e. The van der Waals surface area contributed by atoms with Gasteiger partial charge < -0.3 is 4.90 Å². The zero-order chi connectivity index (χ0) is 13.2. The summed E-state index contributed by atoms with van der Waals surface area (Å²) < 4.78 is 1.13. The first-order chi connectivity index (χ1) is 9.29. The molecule has 2 heterocycles. The summed E-state index contributed by atoms with van der Waals surface area (Å²) in [5.74, 6) is 0.784. The second-order valence-electron chi connectivity index (χ2n) is 4.54. The Morgan fingerprint density at radius 3 is 3.00 bits per heavy atom. The van der Waals surface area contributed by atoms with Crippen LogP contribution in [-0.4, -0.2) is 11.5 Å². The average molecular weight is 314 g/mol. The lowest BCUT2D eigenvalue weighted by Gasteiger charge is -2.30. The quantitative estimate of drug-likeness (QED) is 0.811. The zero-order valence-corrected chi connectivity index (χ0v) is 11.9. The minimum absolute atomic E-state index is 0.637. The van der Waals surface area contributed by atoms with Gasteiger partial charge in [0.15, 0.2) is 0 Å². The summed E-state index contributed by atoms with van der Waals surface area (Å²) in [6.07, 6.45) is 2.72. The molecule has 3 rings (SSSR count). The summed E-state index contributed by atoms with van der Waals surface area (Å²) in [5.41, 5.74) is 3.31. The van der Waals surface area contributed by atoms with Crippen LogP contribution in [0.15, 0.2) is 41.0 Å². The van der Waals surface area contributed by atoms with Crippen molar-refractivity contribution in [2.45, 2.75) is 13.0 Å². The van der Waals surface area contributed by atoms with Gasteiger partial charge in [-0.05, 0) is 35.7 Å². The number of benzene rings is 1. The molecular weight excluding hydrogens is 302 g/mol. The molecule has 0 unspecified atom stereocenters. The Labute approximate surface area is 120 Å². The van der Waals surface area contributed by atoms with Crippen LogP contribution in [0.5, 0.6) is 0 Å². The molecule has 0 N–H and O–H groups in total. The number of nitrogens with zero attached hydrogens (tertiary/aromatic N) is 3. The first kappa shape index (κ1) is 12.2. The van der Waals surface area contributed by atoms with Crippen molar-refractivity contribution in [3.05, 3.63) is 57.7 Å². The normalized spacial score (nSPS) is 13.8. The molecular formula is C15H12BrN3. The average Bonchev–Trinajstić information content (AvgIpc) is 2.47. The molecule has 0 bridgehead atoms. The monoisotopic (exact) mass is 313 g/mol. The number of pyridine rings is 1. The van der Waals surface area contributed by atoms with Crippen LogP contribution in [0.25, 0.3) is 0 Å². The Morgan fingerprint density at radius 1 is 1.26 bits per heavy atom. The third kappa shape index (κ3) is 2.22. The first-order valence-corrected chi connectivity index (χ1v) is 6.95. The predicted octanol–water partition coefficient (Wildman–Crippen LogP) is 3.28. The van der Waals surface area contributed by atoms with Crippen molar-refractivity contribution in [1.82, 2.24) is 4.98 Å². The molecule has 0 spiro atoms. The lowest BCUT2D eigenvalue weighted by Crippen LogP contribution is -2.31. The molecule has 2 aromatic rings. The van der Waals surface area contributed by atoms with E-state index in [1.165, 1.54) is 11.1 Å². The van der Waals surface area contributed by atoms with E-state index in [1.54, 1.807) is 12.3 Å². The van der Waals surface area contributed by atoms with Gasteiger partial charge in [0, 0.05) is 23.8 Å². The second kappa shape index (κ2) is 5.02. The molecule has 0 saturated carbocycles. The Balaban J connectivity index is 1.98. The molecule has 94 valence electrons. The number of rotatable bonds is 1. The van der Waals surface area contributed by atoms with E-state index < -0.39 is 0 Å². The summed E-state index contributed by atoms with van der Waals surface area (Å²) in [5, 5.41) is 9.17. The van der Waals surface area contributed by atoms with E-state index in [0.717, 1.165) is 29.8 Å². The molecule has 0 atom stereocenters. The van der Waals surface area contributed by atoms with Crippen molar-refractivity contribution in [3.8, 4) is 6.07 Å². The minimum Gasteiger partial charge on any atom is -0.351 e. The molecule has 0 fully saturated rings. The topological polar surface area (TPSA) is 39.9 Å². The van der Waals surface area contributed by atoms with Crippen LogP contribution in [0.3, 0.4) is 0 Å². The van der Waals surface area contributed by atoms with E-state index >= 15 is 0 Å². The van der Waals surface area contributed by atoms with Gasteiger partial charge >= 0.3 is 0 Å². The maximum absolute atomic E-state index is 9.17. The Bertz CT molecular complexity index is 661. The number of aromatic nitrogens is 1. The van der Waals surface area contributed by atoms with Gasteiger partial charge in [-0.25, -0.2) is 4.98 Å². The van der Waals surface area contributed by atoms with Crippen molar-refractivity contribution < 1.29 is 0 Å². The summed E-state index contributed by atoms with van der Waals surface area (Å²) in [4.78, 5) is 6.54. The molecule has 3 nitrogen and oxygen atoms in total. The largest absolute Gasteiger partial charge is 0.351 e. The van der Waals surface area contributed by atoms with Gasteiger partial charge in [0.1, 0.15) is 11.9 Å². The molecule has 0 aliphatic carbocycles. The fourth-order valence-corrected chi connectivity index (χ4v) is 2.99. The van der Waals surface area contributed by atoms with Crippen LogP contribution in [0, 0.1) is 11.3 Å². The van der Waals surface area contributed by atoms with Gasteiger partial charge in [-0.1, -0.05) is 28.1 Å². The smallest absolute Gasteiger partial charge is 0.146 e. The fourth-order valence-electron chi connectivity index (χ4n) is 2.46. The van der Waals surface area contributed by atoms with Gasteiger partial charge in [-0.2, -0.15) is 5.26 Å². The Kier molecular flexibility index (Phi) is 3.22. The molecule has 0 radical (unpaired) electrons. The third-order valence-corrected chi connectivity index (χ3v) is 4.17. The van der Waals surface area contributed by atoms with Crippen LogP contribution in [-0.2, 0) is 13.0 Å². The van der Waals surface area contributed by atoms with Gasteiger partial charge in [0.2, 0.25) is 0 Å². The molecule has 1 aliphatic rings. The molecule has 19 heavy (non-hydrogen) atoms. The second-order valence-corrected chi connectivity index (χ2v) is 5.39. The van der Waals surface area contributed by atoms with E-state index in [-0.39, 0.29) is 0 Å². The van der Waals surface area contributed by atoms with E-state index in [0.29, 0.717) is 5.56 Å². The van der Waals surface area contributed by atoms with Crippen LogP contribution < -0.4 is 4.90 Å². The lowest BCUT2D eigenvalue weighted by molar-refractivity contribution is 0.717. The number of fused-ring (bicyclic) bond motifs is 1. The molecule has 1 aromatic carbocycles. The maximum atomic E-state index is 9.17. The Hall–Kier alpha value is -1.86. The highest BCUT2D eigenvalue weighted by Crippen LogP contribution is 2.29. The SMILES string of the molecule is N#Cc1cccnc1N1CCc2cccc(Br)c2C1. The summed E-state index contributed by atoms with van der Waals surface area (Å²) in [6.45, 7) is 1.69. The lowest BCUT2D eigenvalue weighted by atomic mass is 9.99. The number of anilines is 1. The van der Waals surface area contributed by atoms with Crippen molar-refractivity contribution in [1.29, 1.82) is 5.26 Å². The van der Waals surface area contributed by atoms with Gasteiger partial charge in [-0.3, -0.25) is 0 Å². The number of halogens is 1. The Morgan fingerprint density at radius 2 is 2.16 bits per heavy atom. The third-order valence-electron chi connectivity index (χ3n) is 3.42. The fraction of sp³-hybridized carbons (Fsp3) is 0.200. The van der Waals surface area contributed by atoms with Crippen molar-refractivity contribution in [2.24, 2.45) is 0 Å². The van der Waals surface area contributed by atoms with E-state index in [1.807, 2.05) is 6.07 Å². The predicted molar refractivity (Wildman–Crippen MR) is 77.8 cm³/mol. The van der Waals surface area contributed by atoms with Gasteiger partial charge in [0.05, 0.1) is 5.56 Å². The van der Waals surface area contributed by atoms with Crippen molar-refractivity contribution in [2.75, 3.05) is 11.4 Å². The number of nitriles is 1. The highest BCUT2D eigenvalue weighted by molar-refractivity contribution is 9.10.